The molecule has 3 nitrogen and oxygen atoms in total. The minimum Gasteiger partial charge on any atom is -0.497 e. The summed E-state index contributed by atoms with van der Waals surface area (Å²) in [5.41, 5.74) is 2.69. The molecule has 1 spiro atoms. The number of ether oxygens (including phenoxy) is 3. The van der Waals surface area contributed by atoms with Gasteiger partial charge in [0.05, 0.1) is 20.3 Å². The Morgan fingerprint density at radius 1 is 1.19 bits per heavy atom. The van der Waals surface area contributed by atoms with Crippen molar-refractivity contribution in [1.82, 2.24) is 0 Å². The van der Waals surface area contributed by atoms with Crippen LogP contribution in [0, 0.1) is 0 Å². The van der Waals surface area contributed by atoms with Gasteiger partial charge < -0.3 is 14.2 Å². The first-order valence-electron chi connectivity index (χ1n) is 5.75. The van der Waals surface area contributed by atoms with Crippen LogP contribution in [-0.2, 0) is 22.3 Å². The lowest BCUT2D eigenvalue weighted by molar-refractivity contribution is -0.163. The zero-order valence-electron chi connectivity index (χ0n) is 9.49. The largest absolute Gasteiger partial charge is 0.497 e. The highest BCUT2D eigenvalue weighted by atomic mass is 16.7. The summed E-state index contributed by atoms with van der Waals surface area (Å²) in [5.74, 6) is 0.602. The third-order valence-corrected chi connectivity index (χ3v) is 3.46. The zero-order chi connectivity index (χ0) is 11.0. The first kappa shape index (κ1) is 10.1. The molecule has 0 bridgehead atoms. The lowest BCUT2D eigenvalue weighted by Crippen LogP contribution is -2.36. The summed E-state index contributed by atoms with van der Waals surface area (Å²) in [4.78, 5) is 0. The van der Waals surface area contributed by atoms with Crippen molar-refractivity contribution in [2.75, 3.05) is 20.3 Å². The Balaban J connectivity index is 1.89. The Morgan fingerprint density at radius 2 is 2.00 bits per heavy atom. The van der Waals surface area contributed by atoms with Crippen LogP contribution < -0.4 is 4.74 Å². The molecule has 16 heavy (non-hydrogen) atoms. The predicted octanol–water partition coefficient (Wildman–Crippen LogP) is 1.93. The second-order valence-electron chi connectivity index (χ2n) is 4.42. The summed E-state index contributed by atoms with van der Waals surface area (Å²) >= 11 is 0. The molecular formula is C13H16O3. The monoisotopic (exact) mass is 220 g/mol. The Morgan fingerprint density at radius 3 is 2.75 bits per heavy atom. The standard InChI is InChI=1S/C13H16O3/c1-14-12-3-2-11-9-13(15-6-7-16-13)5-4-10(11)8-12/h2-3,8H,4-7,9H2,1H3. The number of methoxy groups -OCH3 is 1. The van der Waals surface area contributed by atoms with E-state index in [4.69, 9.17) is 14.2 Å². The molecule has 1 aliphatic carbocycles. The van der Waals surface area contributed by atoms with Gasteiger partial charge in [-0.15, -0.1) is 0 Å². The molecule has 1 aromatic carbocycles. The third kappa shape index (κ3) is 1.60. The van der Waals surface area contributed by atoms with Crippen LogP contribution in [0.4, 0.5) is 0 Å². The van der Waals surface area contributed by atoms with Crippen LogP contribution in [-0.4, -0.2) is 26.1 Å². The fourth-order valence-electron chi connectivity index (χ4n) is 2.58. The molecule has 2 aliphatic rings. The molecule has 0 amide bonds. The van der Waals surface area contributed by atoms with E-state index in [9.17, 15) is 0 Å². The summed E-state index contributed by atoms with van der Waals surface area (Å²) in [5, 5.41) is 0. The van der Waals surface area contributed by atoms with Crippen LogP contribution in [0.15, 0.2) is 18.2 Å². The summed E-state index contributed by atoms with van der Waals surface area (Å²) in [6.07, 6.45) is 2.83. The van der Waals surface area contributed by atoms with Crippen molar-refractivity contribution in [2.45, 2.75) is 25.0 Å². The molecule has 86 valence electrons. The normalized spacial score (nSPS) is 22.1. The highest BCUT2D eigenvalue weighted by molar-refractivity contribution is 5.38. The van der Waals surface area contributed by atoms with E-state index in [2.05, 4.69) is 12.1 Å². The van der Waals surface area contributed by atoms with Crippen molar-refractivity contribution in [2.24, 2.45) is 0 Å². The van der Waals surface area contributed by atoms with Crippen molar-refractivity contribution < 1.29 is 14.2 Å². The average molecular weight is 220 g/mol. The number of hydrogen-bond donors (Lipinski definition) is 0. The van der Waals surface area contributed by atoms with E-state index >= 15 is 0 Å². The molecule has 1 saturated heterocycles. The van der Waals surface area contributed by atoms with Gasteiger partial charge in [0.2, 0.25) is 0 Å². The van der Waals surface area contributed by atoms with Crippen LogP contribution in [0.5, 0.6) is 5.75 Å². The van der Waals surface area contributed by atoms with Crippen molar-refractivity contribution in [3.05, 3.63) is 29.3 Å². The number of rotatable bonds is 1. The van der Waals surface area contributed by atoms with E-state index in [0.717, 1.165) is 38.2 Å². The van der Waals surface area contributed by atoms with Crippen molar-refractivity contribution in [1.29, 1.82) is 0 Å². The Kier molecular flexibility index (Phi) is 2.37. The lowest BCUT2D eigenvalue weighted by atomic mass is 9.87. The van der Waals surface area contributed by atoms with E-state index in [0.29, 0.717) is 0 Å². The second kappa shape index (κ2) is 3.75. The molecule has 1 fully saturated rings. The molecule has 0 unspecified atom stereocenters. The minimum absolute atomic E-state index is 0.332. The molecule has 1 aliphatic heterocycles. The highest BCUT2D eigenvalue weighted by Gasteiger charge is 2.39. The highest BCUT2D eigenvalue weighted by Crippen LogP contribution is 2.36. The Hall–Kier alpha value is -1.06. The van der Waals surface area contributed by atoms with Crippen molar-refractivity contribution >= 4 is 0 Å². The van der Waals surface area contributed by atoms with Crippen molar-refractivity contribution in [3.63, 3.8) is 0 Å². The lowest BCUT2D eigenvalue weighted by Gasteiger charge is -2.32. The number of benzene rings is 1. The van der Waals surface area contributed by atoms with Gasteiger partial charge in [-0.1, -0.05) is 6.07 Å². The third-order valence-electron chi connectivity index (χ3n) is 3.46. The van der Waals surface area contributed by atoms with Gasteiger partial charge >= 0.3 is 0 Å². The van der Waals surface area contributed by atoms with Crippen LogP contribution in [0.3, 0.4) is 0 Å². The SMILES string of the molecule is COc1ccc2c(c1)CCC1(C2)OCCO1. The zero-order valence-corrected chi connectivity index (χ0v) is 9.49. The molecule has 0 atom stereocenters. The van der Waals surface area contributed by atoms with E-state index < -0.39 is 0 Å². The molecule has 1 heterocycles. The van der Waals surface area contributed by atoms with Crippen LogP contribution in [0.1, 0.15) is 17.5 Å². The number of aryl methyl sites for hydroxylation is 1. The van der Waals surface area contributed by atoms with E-state index in [1.54, 1.807) is 7.11 Å². The minimum atomic E-state index is -0.332. The van der Waals surface area contributed by atoms with Gasteiger partial charge in [-0.3, -0.25) is 0 Å². The average Bonchev–Trinajstić information content (AvgIpc) is 2.77. The van der Waals surface area contributed by atoms with Gasteiger partial charge in [-0.05, 0) is 29.7 Å². The van der Waals surface area contributed by atoms with E-state index in [1.807, 2.05) is 6.07 Å². The molecule has 0 saturated carbocycles. The molecule has 0 N–H and O–H groups in total. The molecule has 3 rings (SSSR count). The van der Waals surface area contributed by atoms with Gasteiger partial charge in [-0.2, -0.15) is 0 Å². The maximum Gasteiger partial charge on any atom is 0.172 e. The Labute approximate surface area is 95.3 Å². The van der Waals surface area contributed by atoms with Crippen LogP contribution in [0.2, 0.25) is 0 Å². The summed E-state index contributed by atoms with van der Waals surface area (Å²) in [6.45, 7) is 1.46. The maximum atomic E-state index is 5.74. The van der Waals surface area contributed by atoms with E-state index in [-0.39, 0.29) is 5.79 Å². The summed E-state index contributed by atoms with van der Waals surface area (Å²) in [7, 11) is 1.70. The van der Waals surface area contributed by atoms with Crippen LogP contribution in [0.25, 0.3) is 0 Å². The summed E-state index contributed by atoms with van der Waals surface area (Å²) in [6, 6.07) is 6.25. The fraction of sp³-hybridized carbons (Fsp3) is 0.538. The van der Waals surface area contributed by atoms with Crippen LogP contribution >= 0.6 is 0 Å². The Bertz CT molecular complexity index is 394. The fourth-order valence-corrected chi connectivity index (χ4v) is 2.58. The smallest absolute Gasteiger partial charge is 0.172 e. The first-order valence-corrected chi connectivity index (χ1v) is 5.75. The van der Waals surface area contributed by atoms with Gasteiger partial charge in [-0.25, -0.2) is 0 Å². The quantitative estimate of drug-likeness (QED) is 0.723. The van der Waals surface area contributed by atoms with Crippen molar-refractivity contribution in [3.8, 4) is 5.75 Å². The maximum absolute atomic E-state index is 5.74. The number of hydrogen-bond acceptors (Lipinski definition) is 3. The summed E-state index contributed by atoms with van der Waals surface area (Å²) < 4.78 is 16.7. The van der Waals surface area contributed by atoms with Gasteiger partial charge in [0, 0.05) is 12.8 Å². The predicted molar refractivity (Wildman–Crippen MR) is 59.7 cm³/mol. The topological polar surface area (TPSA) is 27.7 Å². The van der Waals surface area contributed by atoms with E-state index in [1.165, 1.54) is 11.1 Å². The molecule has 0 aromatic heterocycles. The molecular weight excluding hydrogens is 204 g/mol. The van der Waals surface area contributed by atoms with Gasteiger partial charge in [0.1, 0.15) is 5.75 Å². The molecule has 1 aromatic rings. The van der Waals surface area contributed by atoms with Gasteiger partial charge in [0.15, 0.2) is 5.79 Å². The molecule has 0 radical (unpaired) electrons. The van der Waals surface area contributed by atoms with Gasteiger partial charge in [0.25, 0.3) is 0 Å². The first-order chi connectivity index (χ1) is 7.81. The number of fused-ring (bicyclic) bond motifs is 1. The second-order valence-corrected chi connectivity index (χ2v) is 4.42. The molecule has 3 heteroatoms.